The van der Waals surface area contributed by atoms with Gasteiger partial charge in [0.25, 0.3) is 0 Å². The molecule has 23 heavy (non-hydrogen) atoms. The molecule has 0 atom stereocenters. The average Bonchev–Trinajstić information content (AvgIpc) is 2.51. The molecule has 122 valence electrons. The second kappa shape index (κ2) is 5.83. The highest BCUT2D eigenvalue weighted by Gasteiger charge is 2.36. The van der Waals surface area contributed by atoms with Gasteiger partial charge in [0.15, 0.2) is 0 Å². The van der Waals surface area contributed by atoms with E-state index in [1.54, 1.807) is 6.07 Å². The Hall–Kier alpha value is -2.11. The van der Waals surface area contributed by atoms with E-state index in [-0.39, 0.29) is 35.7 Å². The zero-order valence-corrected chi connectivity index (χ0v) is 12.3. The lowest BCUT2D eigenvalue weighted by Gasteiger charge is -2.29. The summed E-state index contributed by atoms with van der Waals surface area (Å²) in [6.07, 6.45) is 1.70. The number of aromatic nitrogens is 1. The first-order valence-electron chi connectivity index (χ1n) is 7.45. The smallest absolute Gasteiger partial charge is 0.248 e. The lowest BCUT2D eigenvalue weighted by molar-refractivity contribution is -0.0381. The Kier molecular flexibility index (Phi) is 4.00. The van der Waals surface area contributed by atoms with E-state index in [1.807, 2.05) is 0 Å². The molecule has 0 radical (unpaired) electrons. The molecule has 0 aliphatic heterocycles. The van der Waals surface area contributed by atoms with E-state index in [1.165, 1.54) is 6.20 Å². The van der Waals surface area contributed by atoms with E-state index in [0.29, 0.717) is 18.4 Å². The first kappa shape index (κ1) is 15.8. The van der Waals surface area contributed by atoms with Gasteiger partial charge in [0.1, 0.15) is 11.6 Å². The number of halogens is 4. The summed E-state index contributed by atoms with van der Waals surface area (Å²) < 4.78 is 53.9. The Labute approximate surface area is 131 Å². The molecule has 0 bridgehead atoms. The fourth-order valence-electron chi connectivity index (χ4n) is 3.09. The number of pyridine rings is 1. The standard InChI is InChI=1S/C17H16F4N2/c18-11-1-2-14(19)13(9-11)16-15(22)12(5-8-23-16)10-3-6-17(20,21)7-4-10/h1-2,5,8-10H,3-4,6-7,22H2. The number of rotatable bonds is 2. The van der Waals surface area contributed by atoms with Crippen molar-refractivity contribution >= 4 is 5.69 Å². The first-order valence-corrected chi connectivity index (χ1v) is 7.45. The molecule has 2 nitrogen and oxygen atoms in total. The summed E-state index contributed by atoms with van der Waals surface area (Å²) in [5, 5.41) is 0. The largest absolute Gasteiger partial charge is 0.397 e. The molecule has 1 aliphatic carbocycles. The Balaban J connectivity index is 1.98. The van der Waals surface area contributed by atoms with Crippen LogP contribution < -0.4 is 5.73 Å². The number of alkyl halides is 2. The van der Waals surface area contributed by atoms with Gasteiger partial charge in [-0.3, -0.25) is 4.98 Å². The van der Waals surface area contributed by atoms with Gasteiger partial charge in [0, 0.05) is 24.6 Å². The molecule has 0 amide bonds. The summed E-state index contributed by atoms with van der Waals surface area (Å²) in [6.45, 7) is 0. The number of nitrogen functional groups attached to an aromatic ring is 1. The maximum Gasteiger partial charge on any atom is 0.248 e. The van der Waals surface area contributed by atoms with Gasteiger partial charge in [-0.15, -0.1) is 0 Å². The summed E-state index contributed by atoms with van der Waals surface area (Å²) in [4.78, 5) is 4.05. The van der Waals surface area contributed by atoms with Gasteiger partial charge in [-0.1, -0.05) is 0 Å². The predicted octanol–water partition coefficient (Wildman–Crippen LogP) is 4.90. The maximum atomic E-state index is 13.9. The summed E-state index contributed by atoms with van der Waals surface area (Å²) in [7, 11) is 0. The molecule has 1 heterocycles. The lowest BCUT2D eigenvalue weighted by atomic mass is 9.81. The normalized spacial score (nSPS) is 18.1. The monoisotopic (exact) mass is 324 g/mol. The Bertz CT molecular complexity index is 721. The van der Waals surface area contributed by atoms with E-state index in [0.717, 1.165) is 18.2 Å². The summed E-state index contributed by atoms with van der Waals surface area (Å²) in [5.41, 5.74) is 7.12. The fourth-order valence-corrected chi connectivity index (χ4v) is 3.09. The van der Waals surface area contributed by atoms with Crippen LogP contribution in [0.3, 0.4) is 0 Å². The second-order valence-electron chi connectivity index (χ2n) is 5.92. The third-order valence-electron chi connectivity index (χ3n) is 4.36. The van der Waals surface area contributed by atoms with E-state index in [2.05, 4.69) is 4.98 Å². The number of nitrogens with two attached hydrogens (primary N) is 1. The molecule has 0 unspecified atom stereocenters. The lowest BCUT2D eigenvalue weighted by Crippen LogP contribution is -2.24. The predicted molar refractivity (Wildman–Crippen MR) is 80.2 cm³/mol. The van der Waals surface area contributed by atoms with Gasteiger partial charge in [-0.25, -0.2) is 17.6 Å². The van der Waals surface area contributed by atoms with E-state index < -0.39 is 17.6 Å². The topological polar surface area (TPSA) is 38.9 Å². The van der Waals surface area contributed by atoms with Gasteiger partial charge < -0.3 is 5.73 Å². The van der Waals surface area contributed by atoms with Crippen LogP contribution in [-0.2, 0) is 0 Å². The molecule has 1 fully saturated rings. The van der Waals surface area contributed by atoms with Crippen molar-refractivity contribution in [3.63, 3.8) is 0 Å². The minimum atomic E-state index is -2.63. The number of benzene rings is 1. The zero-order valence-electron chi connectivity index (χ0n) is 12.3. The van der Waals surface area contributed by atoms with Crippen LogP contribution >= 0.6 is 0 Å². The minimum Gasteiger partial charge on any atom is -0.397 e. The molecule has 2 N–H and O–H groups in total. The number of hydrogen-bond acceptors (Lipinski definition) is 2. The van der Waals surface area contributed by atoms with Crippen LogP contribution in [-0.4, -0.2) is 10.9 Å². The maximum absolute atomic E-state index is 13.9. The molecule has 1 aromatic heterocycles. The van der Waals surface area contributed by atoms with Gasteiger partial charge in [-0.2, -0.15) is 0 Å². The van der Waals surface area contributed by atoms with E-state index in [4.69, 9.17) is 5.73 Å². The van der Waals surface area contributed by atoms with Crippen molar-refractivity contribution in [2.75, 3.05) is 5.73 Å². The van der Waals surface area contributed by atoms with Gasteiger partial charge in [-0.05, 0) is 48.6 Å². The minimum absolute atomic E-state index is 0.0227. The van der Waals surface area contributed by atoms with Crippen LogP contribution in [0, 0.1) is 11.6 Å². The number of nitrogens with zero attached hydrogens (tertiary/aromatic N) is 1. The zero-order chi connectivity index (χ0) is 16.6. The van der Waals surface area contributed by atoms with Crippen molar-refractivity contribution in [2.24, 2.45) is 0 Å². The number of hydrogen-bond donors (Lipinski definition) is 1. The van der Waals surface area contributed by atoms with Crippen molar-refractivity contribution in [1.29, 1.82) is 0 Å². The third-order valence-corrected chi connectivity index (χ3v) is 4.36. The summed E-state index contributed by atoms with van der Waals surface area (Å²) in [6, 6.07) is 4.73. The Morgan fingerprint density at radius 3 is 2.48 bits per heavy atom. The highest BCUT2D eigenvalue weighted by Crippen LogP contribution is 2.43. The van der Waals surface area contributed by atoms with Gasteiger partial charge in [0.2, 0.25) is 5.92 Å². The molecule has 6 heteroatoms. The molecular formula is C17H16F4N2. The highest BCUT2D eigenvalue weighted by molar-refractivity contribution is 5.75. The first-order chi connectivity index (χ1) is 10.9. The highest BCUT2D eigenvalue weighted by atomic mass is 19.3. The molecule has 1 aliphatic rings. The third kappa shape index (κ3) is 3.16. The van der Waals surface area contributed by atoms with Crippen molar-refractivity contribution in [2.45, 2.75) is 37.5 Å². The molecule has 2 aromatic rings. The van der Waals surface area contributed by atoms with Crippen molar-refractivity contribution in [3.8, 4) is 11.3 Å². The van der Waals surface area contributed by atoms with Gasteiger partial charge >= 0.3 is 0 Å². The quantitative estimate of drug-likeness (QED) is 0.798. The number of anilines is 1. The summed E-state index contributed by atoms with van der Waals surface area (Å²) >= 11 is 0. The van der Waals surface area contributed by atoms with Crippen LogP contribution in [0.2, 0.25) is 0 Å². The fraction of sp³-hybridized carbons (Fsp3) is 0.353. The van der Waals surface area contributed by atoms with E-state index in [9.17, 15) is 17.6 Å². The van der Waals surface area contributed by atoms with Crippen molar-refractivity contribution < 1.29 is 17.6 Å². The molecule has 3 rings (SSSR count). The molecule has 0 saturated heterocycles. The van der Waals surface area contributed by atoms with Gasteiger partial charge in [0.05, 0.1) is 11.4 Å². The van der Waals surface area contributed by atoms with Crippen LogP contribution in [0.4, 0.5) is 23.2 Å². The Morgan fingerprint density at radius 2 is 1.78 bits per heavy atom. The SMILES string of the molecule is Nc1c(C2CCC(F)(F)CC2)ccnc1-c1cc(F)ccc1F. The molecular weight excluding hydrogens is 308 g/mol. The van der Waals surface area contributed by atoms with Crippen LogP contribution in [0.15, 0.2) is 30.5 Å². The van der Waals surface area contributed by atoms with Crippen molar-refractivity contribution in [3.05, 3.63) is 47.7 Å². The average molecular weight is 324 g/mol. The molecule has 1 aromatic carbocycles. The summed E-state index contributed by atoms with van der Waals surface area (Å²) in [5.74, 6) is -3.97. The molecule has 0 spiro atoms. The van der Waals surface area contributed by atoms with Crippen LogP contribution in [0.1, 0.15) is 37.2 Å². The molecule has 1 saturated carbocycles. The van der Waals surface area contributed by atoms with Crippen LogP contribution in [0.25, 0.3) is 11.3 Å². The van der Waals surface area contributed by atoms with E-state index >= 15 is 0 Å². The van der Waals surface area contributed by atoms with Crippen LogP contribution in [0.5, 0.6) is 0 Å². The van der Waals surface area contributed by atoms with Crippen molar-refractivity contribution in [1.82, 2.24) is 4.98 Å². The second-order valence-corrected chi connectivity index (χ2v) is 5.92. The Morgan fingerprint density at radius 1 is 1.09 bits per heavy atom.